The quantitative estimate of drug-likeness (QED) is 0.142. The van der Waals surface area contributed by atoms with Crippen LogP contribution in [0.5, 0.6) is 5.75 Å². The summed E-state index contributed by atoms with van der Waals surface area (Å²) in [6, 6.07) is 26.5. The van der Waals surface area contributed by atoms with Crippen molar-refractivity contribution in [2.75, 3.05) is 17.5 Å². The highest BCUT2D eigenvalue weighted by atomic mass is 35.5. The Kier molecular flexibility index (Phi) is 12.8. The fourth-order valence-corrected chi connectivity index (χ4v) is 8.06. The van der Waals surface area contributed by atoms with Gasteiger partial charge in [-0.1, -0.05) is 96.6 Å². The van der Waals surface area contributed by atoms with Gasteiger partial charge in [0.15, 0.2) is 0 Å². The van der Waals surface area contributed by atoms with Crippen molar-refractivity contribution in [3.63, 3.8) is 0 Å². The predicted octanol–water partition coefficient (Wildman–Crippen LogP) is 7.98. The molecule has 1 aliphatic carbocycles. The second-order valence-corrected chi connectivity index (χ2v) is 15.3. The molecular formula is C39H43Cl2N3O5S. The highest BCUT2D eigenvalue weighted by molar-refractivity contribution is 7.92. The maximum absolute atomic E-state index is 14.8. The van der Waals surface area contributed by atoms with Crippen molar-refractivity contribution in [3.05, 3.63) is 124 Å². The lowest BCUT2D eigenvalue weighted by atomic mass is 9.94. The normalized spacial score (nSPS) is 14.1. The Morgan fingerprint density at radius 2 is 1.58 bits per heavy atom. The van der Waals surface area contributed by atoms with Crippen LogP contribution in [-0.4, -0.2) is 50.4 Å². The molecule has 1 N–H and O–H groups in total. The third-order valence-corrected chi connectivity index (χ3v) is 11.3. The van der Waals surface area contributed by atoms with E-state index in [-0.39, 0.29) is 29.8 Å². The van der Waals surface area contributed by atoms with E-state index in [0.717, 1.165) is 47.5 Å². The lowest BCUT2D eigenvalue weighted by Crippen LogP contribution is -2.55. The van der Waals surface area contributed by atoms with Gasteiger partial charge in [0.25, 0.3) is 10.0 Å². The molecule has 0 bridgehead atoms. The average Bonchev–Trinajstić information content (AvgIpc) is 3.11. The Morgan fingerprint density at radius 3 is 2.22 bits per heavy atom. The van der Waals surface area contributed by atoms with Gasteiger partial charge in [-0.25, -0.2) is 8.42 Å². The topological polar surface area (TPSA) is 96.0 Å². The van der Waals surface area contributed by atoms with E-state index in [0.29, 0.717) is 33.7 Å². The first kappa shape index (κ1) is 37.2. The number of carbonyl (C=O) groups is 2. The number of halogens is 2. The van der Waals surface area contributed by atoms with Crippen molar-refractivity contribution >= 4 is 50.7 Å². The number of amides is 2. The Balaban J connectivity index is 1.57. The molecule has 0 unspecified atom stereocenters. The van der Waals surface area contributed by atoms with Gasteiger partial charge in [0.2, 0.25) is 11.8 Å². The second kappa shape index (κ2) is 17.2. The van der Waals surface area contributed by atoms with Gasteiger partial charge in [0, 0.05) is 29.1 Å². The van der Waals surface area contributed by atoms with Crippen molar-refractivity contribution in [3.8, 4) is 5.75 Å². The van der Waals surface area contributed by atoms with E-state index in [1.54, 1.807) is 54.6 Å². The highest BCUT2D eigenvalue weighted by Gasteiger charge is 2.35. The molecule has 4 aromatic rings. The summed E-state index contributed by atoms with van der Waals surface area (Å²) in [5.74, 6) is -0.329. The molecule has 2 amide bonds. The van der Waals surface area contributed by atoms with Crippen molar-refractivity contribution in [2.45, 2.75) is 75.9 Å². The number of anilines is 1. The van der Waals surface area contributed by atoms with Crippen LogP contribution in [0.4, 0.5) is 5.69 Å². The van der Waals surface area contributed by atoms with Crippen LogP contribution in [0, 0.1) is 6.92 Å². The molecule has 1 saturated carbocycles. The van der Waals surface area contributed by atoms with Crippen LogP contribution in [0.25, 0.3) is 0 Å². The Labute approximate surface area is 305 Å². The number of aryl methyl sites for hydroxylation is 1. The van der Waals surface area contributed by atoms with Crippen LogP contribution in [0.1, 0.15) is 55.7 Å². The van der Waals surface area contributed by atoms with E-state index in [1.165, 1.54) is 17.0 Å². The Morgan fingerprint density at radius 1 is 0.900 bits per heavy atom. The molecule has 8 nitrogen and oxygen atoms in total. The van der Waals surface area contributed by atoms with Gasteiger partial charge < -0.3 is 15.0 Å². The summed E-state index contributed by atoms with van der Waals surface area (Å²) < 4.78 is 35.3. The number of sulfonamides is 1. The summed E-state index contributed by atoms with van der Waals surface area (Å²) in [5, 5.41) is 3.98. The highest BCUT2D eigenvalue weighted by Crippen LogP contribution is 2.29. The summed E-state index contributed by atoms with van der Waals surface area (Å²) in [4.78, 5) is 30.5. The zero-order valence-corrected chi connectivity index (χ0v) is 30.7. The number of hydrogen-bond donors (Lipinski definition) is 1. The molecule has 264 valence electrons. The molecule has 0 spiro atoms. The molecule has 0 heterocycles. The third kappa shape index (κ3) is 9.59. The van der Waals surface area contributed by atoms with Gasteiger partial charge in [-0.2, -0.15) is 0 Å². The standard InChI is InChI=1S/C39H43Cl2N3O5S/c1-3-49-34-20-22-35(23-21-34)50(47,48)44(33-18-14-28(2)15-19-33)27-38(45)43(26-30-16-17-31(40)25-36(30)41)37(24-29-10-6-4-7-11-29)39(46)42-32-12-8-5-9-13-32/h4,6-7,10-11,14-23,25,32,37H,3,5,8-9,12-13,24,26-27H2,1-2H3,(H,42,46)/t37-/m1/s1. The lowest BCUT2D eigenvalue weighted by Gasteiger charge is -2.35. The van der Waals surface area contributed by atoms with Crippen molar-refractivity contribution < 1.29 is 22.7 Å². The van der Waals surface area contributed by atoms with E-state index >= 15 is 0 Å². The fraction of sp³-hybridized carbons (Fsp3) is 0.333. The molecule has 1 atom stereocenters. The van der Waals surface area contributed by atoms with Crippen LogP contribution >= 0.6 is 23.2 Å². The molecule has 0 radical (unpaired) electrons. The van der Waals surface area contributed by atoms with Crippen LogP contribution in [0.3, 0.4) is 0 Å². The first-order valence-corrected chi connectivity index (χ1v) is 19.1. The van der Waals surface area contributed by atoms with E-state index in [2.05, 4.69) is 5.32 Å². The molecule has 11 heteroatoms. The number of ether oxygens (including phenoxy) is 1. The summed E-state index contributed by atoms with van der Waals surface area (Å²) in [7, 11) is -4.26. The van der Waals surface area contributed by atoms with E-state index < -0.39 is 28.5 Å². The Bertz CT molecular complexity index is 1850. The minimum atomic E-state index is -4.26. The van der Waals surface area contributed by atoms with E-state index in [9.17, 15) is 18.0 Å². The molecule has 0 aliphatic heterocycles. The Hall–Kier alpha value is -4.05. The van der Waals surface area contributed by atoms with Crippen molar-refractivity contribution in [1.82, 2.24) is 10.2 Å². The monoisotopic (exact) mass is 735 g/mol. The van der Waals surface area contributed by atoms with Gasteiger partial charge in [-0.3, -0.25) is 13.9 Å². The number of rotatable bonds is 14. The molecular weight excluding hydrogens is 693 g/mol. The largest absolute Gasteiger partial charge is 0.494 e. The minimum absolute atomic E-state index is 0.00231. The van der Waals surface area contributed by atoms with Crippen LogP contribution in [0.2, 0.25) is 10.0 Å². The SMILES string of the molecule is CCOc1ccc(S(=O)(=O)N(CC(=O)N(Cc2ccc(Cl)cc2Cl)[C@H](Cc2ccccc2)C(=O)NC2CCCCC2)c2ccc(C)cc2)cc1. The van der Waals surface area contributed by atoms with Gasteiger partial charge in [0.1, 0.15) is 18.3 Å². The summed E-state index contributed by atoms with van der Waals surface area (Å²) >= 11 is 12.9. The third-order valence-electron chi connectivity index (χ3n) is 8.90. The lowest BCUT2D eigenvalue weighted by molar-refractivity contribution is -0.140. The van der Waals surface area contributed by atoms with Gasteiger partial charge in [-0.05, 0) is 86.3 Å². The number of hydrogen-bond acceptors (Lipinski definition) is 5. The van der Waals surface area contributed by atoms with Crippen LogP contribution in [-0.2, 0) is 32.6 Å². The number of nitrogens with zero attached hydrogens (tertiary/aromatic N) is 2. The zero-order chi connectivity index (χ0) is 35.7. The molecule has 1 aliphatic rings. The molecule has 50 heavy (non-hydrogen) atoms. The maximum Gasteiger partial charge on any atom is 0.264 e. The number of nitrogens with one attached hydrogen (secondary N) is 1. The first-order chi connectivity index (χ1) is 24.0. The van der Waals surface area contributed by atoms with Gasteiger partial charge >= 0.3 is 0 Å². The van der Waals surface area contributed by atoms with Gasteiger partial charge in [0.05, 0.1) is 17.2 Å². The smallest absolute Gasteiger partial charge is 0.264 e. The molecule has 4 aromatic carbocycles. The van der Waals surface area contributed by atoms with Crippen molar-refractivity contribution in [2.24, 2.45) is 0 Å². The van der Waals surface area contributed by atoms with Crippen molar-refractivity contribution in [1.29, 1.82) is 0 Å². The second-order valence-electron chi connectivity index (χ2n) is 12.6. The zero-order valence-electron chi connectivity index (χ0n) is 28.4. The predicted molar refractivity (Wildman–Crippen MR) is 199 cm³/mol. The van der Waals surface area contributed by atoms with E-state index in [1.807, 2.05) is 44.2 Å². The number of benzene rings is 4. The summed E-state index contributed by atoms with van der Waals surface area (Å²) in [5.41, 5.74) is 2.67. The molecule has 0 saturated heterocycles. The van der Waals surface area contributed by atoms with Crippen LogP contribution in [0.15, 0.2) is 102 Å². The summed E-state index contributed by atoms with van der Waals surface area (Å²) in [6.45, 7) is 3.57. The first-order valence-electron chi connectivity index (χ1n) is 16.9. The molecule has 1 fully saturated rings. The average molecular weight is 737 g/mol. The summed E-state index contributed by atoms with van der Waals surface area (Å²) in [6.07, 6.45) is 5.10. The fourth-order valence-electron chi connectivity index (χ4n) is 6.17. The van der Waals surface area contributed by atoms with Crippen LogP contribution < -0.4 is 14.4 Å². The van der Waals surface area contributed by atoms with E-state index in [4.69, 9.17) is 27.9 Å². The molecule has 0 aromatic heterocycles. The van der Waals surface area contributed by atoms with Gasteiger partial charge in [-0.15, -0.1) is 0 Å². The minimum Gasteiger partial charge on any atom is -0.494 e. The number of carbonyl (C=O) groups excluding carboxylic acids is 2. The maximum atomic E-state index is 14.8. The molecule has 5 rings (SSSR count).